The van der Waals surface area contributed by atoms with Crippen LogP contribution in [0.1, 0.15) is 0 Å². The van der Waals surface area contributed by atoms with E-state index in [4.69, 9.17) is 4.74 Å². The van der Waals surface area contributed by atoms with Gasteiger partial charge >= 0.3 is 11.4 Å². The summed E-state index contributed by atoms with van der Waals surface area (Å²) in [5.41, 5.74) is 0.330. The molecule has 0 spiro atoms. The summed E-state index contributed by atoms with van der Waals surface area (Å²) in [7, 11) is 1.55. The summed E-state index contributed by atoms with van der Waals surface area (Å²) in [5, 5.41) is 21.1. The summed E-state index contributed by atoms with van der Waals surface area (Å²) >= 11 is 0. The van der Waals surface area contributed by atoms with Gasteiger partial charge in [0, 0.05) is 17.2 Å². The second-order valence-electron chi connectivity index (χ2n) is 5.14. The number of H-pyrrole nitrogens is 1. The molecule has 0 saturated heterocycles. The van der Waals surface area contributed by atoms with Crippen molar-refractivity contribution in [2.45, 2.75) is 0 Å². The number of hydrogen-bond acceptors (Lipinski definition) is 6. The third-order valence-corrected chi connectivity index (χ3v) is 3.63. The lowest BCUT2D eigenvalue weighted by atomic mass is 10.1. The summed E-state index contributed by atoms with van der Waals surface area (Å²) in [4.78, 5) is 28.6. The van der Waals surface area contributed by atoms with Crippen LogP contribution in [0, 0.1) is 10.1 Å². The standard InChI is InChI=1S/C17H13N3O5/c1-25-11-7-5-10(6-8-11)13-9-14(19-17(22)18-13)12-3-2-4-15(16(12)21)20(23)24/h2-9,21H,1H3,(H,18,19,22). The highest BCUT2D eigenvalue weighted by Crippen LogP contribution is 2.36. The third-order valence-electron chi connectivity index (χ3n) is 3.63. The Morgan fingerprint density at radius 1 is 1.20 bits per heavy atom. The van der Waals surface area contributed by atoms with E-state index in [1.807, 2.05) is 0 Å². The van der Waals surface area contributed by atoms with Crippen molar-refractivity contribution in [2.75, 3.05) is 7.11 Å². The largest absolute Gasteiger partial charge is 0.502 e. The van der Waals surface area contributed by atoms with E-state index < -0.39 is 22.0 Å². The fraction of sp³-hybridized carbons (Fsp3) is 0.0588. The molecule has 0 bridgehead atoms. The van der Waals surface area contributed by atoms with Crippen LogP contribution in [0.25, 0.3) is 22.5 Å². The number of nitrogens with zero attached hydrogens (tertiary/aromatic N) is 2. The fourth-order valence-electron chi connectivity index (χ4n) is 2.41. The van der Waals surface area contributed by atoms with E-state index in [1.165, 1.54) is 18.2 Å². The lowest BCUT2D eigenvalue weighted by Gasteiger charge is -2.07. The number of nitro benzene ring substituents is 1. The summed E-state index contributed by atoms with van der Waals surface area (Å²) in [6.07, 6.45) is 0. The van der Waals surface area contributed by atoms with Crippen LogP contribution in [0.4, 0.5) is 5.69 Å². The van der Waals surface area contributed by atoms with Crippen molar-refractivity contribution in [1.29, 1.82) is 0 Å². The molecule has 0 fully saturated rings. The van der Waals surface area contributed by atoms with E-state index in [-0.39, 0.29) is 11.3 Å². The molecule has 25 heavy (non-hydrogen) atoms. The highest BCUT2D eigenvalue weighted by molar-refractivity contribution is 5.75. The molecule has 1 heterocycles. The zero-order chi connectivity index (χ0) is 18.0. The zero-order valence-corrected chi connectivity index (χ0v) is 13.1. The van der Waals surface area contributed by atoms with E-state index in [1.54, 1.807) is 37.4 Å². The van der Waals surface area contributed by atoms with Crippen molar-refractivity contribution < 1.29 is 14.8 Å². The minimum Gasteiger partial charge on any atom is -0.502 e. The summed E-state index contributed by atoms with van der Waals surface area (Å²) < 4.78 is 5.09. The highest BCUT2D eigenvalue weighted by atomic mass is 16.6. The van der Waals surface area contributed by atoms with Gasteiger partial charge in [0.05, 0.1) is 23.4 Å². The van der Waals surface area contributed by atoms with Crippen LogP contribution in [0.5, 0.6) is 11.5 Å². The molecule has 126 valence electrons. The van der Waals surface area contributed by atoms with Gasteiger partial charge in [-0.2, -0.15) is 4.98 Å². The van der Waals surface area contributed by atoms with Crippen molar-refractivity contribution >= 4 is 5.69 Å². The molecule has 0 unspecified atom stereocenters. The van der Waals surface area contributed by atoms with Gasteiger partial charge in [0.25, 0.3) is 0 Å². The molecule has 2 aromatic carbocycles. The number of hydrogen-bond donors (Lipinski definition) is 2. The second-order valence-corrected chi connectivity index (χ2v) is 5.14. The Morgan fingerprint density at radius 3 is 2.56 bits per heavy atom. The number of rotatable bonds is 4. The Kier molecular flexibility index (Phi) is 4.17. The number of aromatic amines is 1. The van der Waals surface area contributed by atoms with Gasteiger partial charge in [-0.25, -0.2) is 4.79 Å². The minimum atomic E-state index is -0.692. The van der Waals surface area contributed by atoms with Crippen LogP contribution in [0.3, 0.4) is 0 Å². The number of ether oxygens (including phenoxy) is 1. The second kappa shape index (κ2) is 6.44. The number of methoxy groups -OCH3 is 1. The Hall–Kier alpha value is -3.68. The van der Waals surface area contributed by atoms with Gasteiger partial charge in [-0.05, 0) is 36.4 Å². The van der Waals surface area contributed by atoms with Crippen molar-refractivity contribution in [1.82, 2.24) is 9.97 Å². The number of nitrogens with one attached hydrogen (secondary N) is 1. The Balaban J connectivity index is 2.13. The SMILES string of the molecule is COc1ccc(-c2cc(-c3cccc([N+](=O)[O-])c3O)[nH]c(=O)n2)cc1. The molecule has 2 N–H and O–H groups in total. The third kappa shape index (κ3) is 3.18. The van der Waals surface area contributed by atoms with Crippen LogP contribution >= 0.6 is 0 Å². The molecule has 0 atom stereocenters. The number of phenolic OH excluding ortho intramolecular Hbond substituents is 1. The Labute approximate surface area is 141 Å². The molecule has 1 aromatic heterocycles. The van der Waals surface area contributed by atoms with Crippen molar-refractivity contribution in [2.24, 2.45) is 0 Å². The average molecular weight is 339 g/mol. The molecule has 0 aliphatic heterocycles. The predicted molar refractivity (Wildman–Crippen MR) is 90.6 cm³/mol. The van der Waals surface area contributed by atoms with Crippen LogP contribution < -0.4 is 10.4 Å². The van der Waals surface area contributed by atoms with Crippen LogP contribution in [0.2, 0.25) is 0 Å². The fourth-order valence-corrected chi connectivity index (χ4v) is 2.41. The van der Waals surface area contributed by atoms with Crippen LogP contribution in [-0.4, -0.2) is 27.1 Å². The molecule has 3 aromatic rings. The van der Waals surface area contributed by atoms with Crippen molar-refractivity contribution in [3.8, 4) is 34.0 Å². The number of nitro groups is 1. The number of benzene rings is 2. The highest BCUT2D eigenvalue weighted by Gasteiger charge is 2.18. The number of para-hydroxylation sites is 1. The number of phenols is 1. The lowest BCUT2D eigenvalue weighted by Crippen LogP contribution is -2.12. The van der Waals surface area contributed by atoms with Crippen LogP contribution in [-0.2, 0) is 0 Å². The van der Waals surface area contributed by atoms with Gasteiger partial charge in [0.2, 0.25) is 5.75 Å². The van der Waals surface area contributed by atoms with E-state index >= 15 is 0 Å². The van der Waals surface area contributed by atoms with E-state index in [0.717, 1.165) is 0 Å². The predicted octanol–water partition coefficient (Wildman–Crippen LogP) is 2.73. The van der Waals surface area contributed by atoms with Gasteiger partial charge in [-0.15, -0.1) is 0 Å². The minimum absolute atomic E-state index is 0.142. The molecule has 0 amide bonds. The maximum atomic E-state index is 11.9. The first-order valence-corrected chi connectivity index (χ1v) is 7.22. The van der Waals surface area contributed by atoms with Crippen LogP contribution in [0.15, 0.2) is 53.3 Å². The first-order chi connectivity index (χ1) is 12.0. The molecule has 0 saturated carbocycles. The maximum absolute atomic E-state index is 11.9. The monoisotopic (exact) mass is 339 g/mol. The maximum Gasteiger partial charge on any atom is 0.345 e. The van der Waals surface area contributed by atoms with Gasteiger partial charge in [-0.1, -0.05) is 6.07 Å². The molecule has 8 heteroatoms. The molecule has 0 aliphatic rings. The number of aromatic nitrogens is 2. The van der Waals surface area contributed by atoms with E-state index in [2.05, 4.69) is 9.97 Å². The van der Waals surface area contributed by atoms with Gasteiger partial charge in [-0.3, -0.25) is 10.1 Å². The Bertz CT molecular complexity index is 996. The van der Waals surface area contributed by atoms with Gasteiger partial charge < -0.3 is 14.8 Å². The molecule has 0 aliphatic carbocycles. The lowest BCUT2D eigenvalue weighted by molar-refractivity contribution is -0.385. The van der Waals surface area contributed by atoms with Gasteiger partial charge in [0.15, 0.2) is 0 Å². The van der Waals surface area contributed by atoms with Crippen molar-refractivity contribution in [3.05, 3.63) is 69.1 Å². The zero-order valence-electron chi connectivity index (χ0n) is 13.1. The first-order valence-electron chi connectivity index (χ1n) is 7.22. The van der Waals surface area contributed by atoms with E-state index in [0.29, 0.717) is 17.0 Å². The average Bonchev–Trinajstić information content (AvgIpc) is 2.61. The summed E-state index contributed by atoms with van der Waals surface area (Å²) in [5.74, 6) is 0.139. The summed E-state index contributed by atoms with van der Waals surface area (Å²) in [6.45, 7) is 0. The molecular weight excluding hydrogens is 326 g/mol. The molecular formula is C17H13N3O5. The quantitative estimate of drug-likeness (QED) is 0.557. The smallest absolute Gasteiger partial charge is 0.345 e. The molecule has 0 radical (unpaired) electrons. The normalized spacial score (nSPS) is 10.4. The van der Waals surface area contributed by atoms with E-state index in [9.17, 15) is 20.0 Å². The topological polar surface area (TPSA) is 118 Å². The first kappa shape index (κ1) is 16.2. The Morgan fingerprint density at radius 2 is 1.92 bits per heavy atom. The van der Waals surface area contributed by atoms with Crippen molar-refractivity contribution in [3.63, 3.8) is 0 Å². The summed E-state index contributed by atoms with van der Waals surface area (Å²) in [6, 6.07) is 12.6. The van der Waals surface area contributed by atoms with Gasteiger partial charge in [0.1, 0.15) is 5.75 Å². The molecule has 8 nitrogen and oxygen atoms in total. The molecule has 3 rings (SSSR count). The number of aromatic hydroxyl groups is 1.